The minimum absolute atomic E-state index is 0.780. The summed E-state index contributed by atoms with van der Waals surface area (Å²) in [7, 11) is 0. The van der Waals surface area contributed by atoms with Gasteiger partial charge in [0.25, 0.3) is 0 Å². The number of rotatable bonds is 4. The molecule has 0 bridgehead atoms. The number of hydrogen-bond acceptors (Lipinski definition) is 2. The van der Waals surface area contributed by atoms with Gasteiger partial charge in [-0.3, -0.25) is 4.98 Å². The second-order valence-corrected chi connectivity index (χ2v) is 4.51. The van der Waals surface area contributed by atoms with E-state index in [-0.39, 0.29) is 0 Å². The van der Waals surface area contributed by atoms with Crippen molar-refractivity contribution in [3.05, 3.63) is 35.5 Å². The minimum Gasteiger partial charge on any atom is -0.397 e. The number of benzene rings is 1. The second-order valence-electron chi connectivity index (χ2n) is 4.51. The summed E-state index contributed by atoms with van der Waals surface area (Å²) in [4.78, 5) is 4.76. The molecule has 0 radical (unpaired) electrons. The zero-order valence-electron chi connectivity index (χ0n) is 10.7. The van der Waals surface area contributed by atoms with Crippen molar-refractivity contribution in [2.24, 2.45) is 0 Å². The smallest absolute Gasteiger partial charge is 0.0934 e. The van der Waals surface area contributed by atoms with Crippen LogP contribution in [0.25, 0.3) is 10.9 Å². The minimum atomic E-state index is 0.780. The molecule has 1 aromatic heterocycles. The number of aryl methyl sites for hydroxylation is 2. The van der Waals surface area contributed by atoms with Crippen LogP contribution in [0, 0.1) is 0 Å². The van der Waals surface area contributed by atoms with Crippen molar-refractivity contribution < 1.29 is 0 Å². The third-order valence-electron chi connectivity index (χ3n) is 3.05. The molecule has 0 atom stereocenters. The van der Waals surface area contributed by atoms with Crippen LogP contribution >= 0.6 is 0 Å². The third-order valence-corrected chi connectivity index (χ3v) is 3.05. The fourth-order valence-electron chi connectivity index (χ4n) is 2.24. The van der Waals surface area contributed by atoms with Gasteiger partial charge in [0.05, 0.1) is 11.2 Å². The normalized spacial score (nSPS) is 10.9. The highest BCUT2D eigenvalue weighted by Gasteiger charge is 2.07. The van der Waals surface area contributed by atoms with Crippen molar-refractivity contribution in [2.75, 3.05) is 5.73 Å². The van der Waals surface area contributed by atoms with E-state index in [9.17, 15) is 0 Å². The summed E-state index contributed by atoms with van der Waals surface area (Å²) >= 11 is 0. The number of fused-ring (bicyclic) bond motifs is 1. The van der Waals surface area contributed by atoms with Gasteiger partial charge >= 0.3 is 0 Å². The molecule has 0 saturated carbocycles. The molecule has 0 aliphatic carbocycles. The van der Waals surface area contributed by atoms with Crippen LogP contribution in [0.5, 0.6) is 0 Å². The van der Waals surface area contributed by atoms with Crippen LogP contribution in [0.2, 0.25) is 0 Å². The van der Waals surface area contributed by atoms with E-state index in [0.29, 0.717) is 0 Å². The zero-order valence-corrected chi connectivity index (χ0v) is 10.7. The van der Waals surface area contributed by atoms with Crippen molar-refractivity contribution in [1.82, 2.24) is 4.98 Å². The fraction of sp³-hybridized carbons (Fsp3) is 0.400. The molecule has 1 aromatic carbocycles. The number of aromatic nitrogens is 1. The molecule has 2 rings (SSSR count). The monoisotopic (exact) mass is 228 g/mol. The van der Waals surface area contributed by atoms with E-state index >= 15 is 0 Å². The maximum atomic E-state index is 5.98. The molecule has 0 amide bonds. The van der Waals surface area contributed by atoms with Crippen LogP contribution in [-0.4, -0.2) is 4.98 Å². The molecule has 2 nitrogen and oxygen atoms in total. The van der Waals surface area contributed by atoms with Crippen molar-refractivity contribution in [2.45, 2.75) is 39.5 Å². The topological polar surface area (TPSA) is 38.9 Å². The van der Waals surface area contributed by atoms with Crippen LogP contribution in [-0.2, 0) is 12.8 Å². The maximum Gasteiger partial charge on any atom is 0.0934 e. The summed E-state index contributed by atoms with van der Waals surface area (Å²) in [5, 5.41) is 1.16. The second kappa shape index (κ2) is 5.17. The van der Waals surface area contributed by atoms with E-state index in [2.05, 4.69) is 26.0 Å². The molecule has 0 unspecified atom stereocenters. The average molecular weight is 228 g/mol. The number of nitrogen functional groups attached to an aromatic ring is 1. The molecule has 17 heavy (non-hydrogen) atoms. The van der Waals surface area contributed by atoms with E-state index < -0.39 is 0 Å². The lowest BCUT2D eigenvalue weighted by Gasteiger charge is -2.10. The number of nitrogens with zero attached hydrogens (tertiary/aromatic N) is 1. The number of para-hydroxylation sites is 1. The predicted molar refractivity (Wildman–Crippen MR) is 74.1 cm³/mol. The van der Waals surface area contributed by atoms with Crippen molar-refractivity contribution in [3.8, 4) is 0 Å². The summed E-state index contributed by atoms with van der Waals surface area (Å²) in [6, 6.07) is 8.26. The Balaban J connectivity index is 2.59. The molecule has 0 saturated heterocycles. The molecule has 0 aliphatic heterocycles. The first-order valence-electron chi connectivity index (χ1n) is 6.43. The van der Waals surface area contributed by atoms with Crippen molar-refractivity contribution in [1.29, 1.82) is 0 Å². The van der Waals surface area contributed by atoms with Crippen LogP contribution in [0.4, 0.5) is 5.69 Å². The molecule has 1 heterocycles. The van der Waals surface area contributed by atoms with Gasteiger partial charge in [-0.05, 0) is 30.5 Å². The highest BCUT2D eigenvalue weighted by Crippen LogP contribution is 2.23. The Morgan fingerprint density at radius 2 is 1.88 bits per heavy atom. The van der Waals surface area contributed by atoms with Gasteiger partial charge in [-0.15, -0.1) is 0 Å². The molecule has 0 fully saturated rings. The SMILES string of the molecule is CCCc1cc2cccc(N)c2nc1CCC. The lowest BCUT2D eigenvalue weighted by molar-refractivity contribution is 0.836. The lowest BCUT2D eigenvalue weighted by atomic mass is 10.0. The van der Waals surface area contributed by atoms with Gasteiger partial charge in [0.1, 0.15) is 0 Å². The molecule has 0 spiro atoms. The summed E-state index contributed by atoms with van der Waals surface area (Å²) in [6.45, 7) is 4.40. The average Bonchev–Trinajstić information content (AvgIpc) is 2.32. The lowest BCUT2D eigenvalue weighted by Crippen LogP contribution is -2.00. The van der Waals surface area contributed by atoms with Crippen LogP contribution in [0.15, 0.2) is 24.3 Å². The van der Waals surface area contributed by atoms with E-state index in [1.165, 1.54) is 11.3 Å². The molecule has 90 valence electrons. The zero-order chi connectivity index (χ0) is 12.3. The molecular weight excluding hydrogens is 208 g/mol. The Bertz CT molecular complexity index is 518. The van der Waals surface area contributed by atoms with Crippen molar-refractivity contribution in [3.63, 3.8) is 0 Å². The highest BCUT2D eigenvalue weighted by atomic mass is 14.7. The van der Waals surface area contributed by atoms with E-state index in [4.69, 9.17) is 10.7 Å². The Kier molecular flexibility index (Phi) is 3.62. The number of nitrogens with two attached hydrogens (primary N) is 1. The van der Waals surface area contributed by atoms with Crippen molar-refractivity contribution >= 4 is 16.6 Å². The first-order valence-corrected chi connectivity index (χ1v) is 6.43. The standard InChI is InChI=1S/C15H20N2/c1-3-6-11-10-12-8-5-9-13(16)15(12)17-14(11)7-4-2/h5,8-10H,3-4,6-7,16H2,1-2H3. The summed E-state index contributed by atoms with van der Waals surface area (Å²) in [6.07, 6.45) is 4.43. The van der Waals surface area contributed by atoms with Gasteiger partial charge in [-0.1, -0.05) is 38.8 Å². The Labute approximate surface area is 103 Å². The summed E-state index contributed by atoms with van der Waals surface area (Å²) in [5.74, 6) is 0. The first kappa shape index (κ1) is 11.9. The van der Waals surface area contributed by atoms with Gasteiger partial charge < -0.3 is 5.73 Å². The molecule has 2 heteroatoms. The predicted octanol–water partition coefficient (Wildman–Crippen LogP) is 3.72. The van der Waals surface area contributed by atoms with Crippen LogP contribution < -0.4 is 5.73 Å². The van der Waals surface area contributed by atoms with E-state index in [1.807, 2.05) is 12.1 Å². The first-order chi connectivity index (χ1) is 8.26. The van der Waals surface area contributed by atoms with Gasteiger partial charge in [-0.2, -0.15) is 0 Å². The number of anilines is 1. The van der Waals surface area contributed by atoms with Gasteiger partial charge in [-0.25, -0.2) is 0 Å². The maximum absolute atomic E-state index is 5.98. The molecule has 2 N–H and O–H groups in total. The highest BCUT2D eigenvalue weighted by molar-refractivity contribution is 5.89. The largest absolute Gasteiger partial charge is 0.397 e. The number of hydrogen-bond donors (Lipinski definition) is 1. The molecule has 2 aromatic rings. The van der Waals surface area contributed by atoms with E-state index in [0.717, 1.165) is 42.3 Å². The fourth-order valence-corrected chi connectivity index (χ4v) is 2.24. The van der Waals surface area contributed by atoms with E-state index in [1.54, 1.807) is 0 Å². The van der Waals surface area contributed by atoms with Gasteiger partial charge in [0.15, 0.2) is 0 Å². The molecule has 0 aliphatic rings. The quantitative estimate of drug-likeness (QED) is 0.810. The van der Waals surface area contributed by atoms with Crippen LogP contribution in [0.3, 0.4) is 0 Å². The Morgan fingerprint density at radius 3 is 2.59 bits per heavy atom. The summed E-state index contributed by atoms with van der Waals surface area (Å²) < 4.78 is 0. The molecular formula is C15H20N2. The van der Waals surface area contributed by atoms with Gasteiger partial charge in [0, 0.05) is 11.1 Å². The van der Waals surface area contributed by atoms with Gasteiger partial charge in [0.2, 0.25) is 0 Å². The Morgan fingerprint density at radius 1 is 1.12 bits per heavy atom. The number of pyridine rings is 1. The third kappa shape index (κ3) is 2.41. The van der Waals surface area contributed by atoms with Crippen LogP contribution in [0.1, 0.15) is 37.9 Å². The Hall–Kier alpha value is -1.57. The summed E-state index contributed by atoms with van der Waals surface area (Å²) in [5.41, 5.74) is 10.3.